The second kappa shape index (κ2) is 5.77. The summed E-state index contributed by atoms with van der Waals surface area (Å²) in [7, 11) is 0. The number of hydrogen-bond donors (Lipinski definition) is 0. The van der Waals surface area contributed by atoms with Crippen LogP contribution in [0.5, 0.6) is 0 Å². The van der Waals surface area contributed by atoms with Crippen molar-refractivity contribution in [3.63, 3.8) is 0 Å². The van der Waals surface area contributed by atoms with Gasteiger partial charge >= 0.3 is 0 Å². The number of hydrogen-bond acceptors (Lipinski definition) is 0. The highest BCUT2D eigenvalue weighted by atomic mass is 14.3. The lowest BCUT2D eigenvalue weighted by molar-refractivity contribution is 0.711. The standard InChI is InChI=1S/C24H26/c1-15-17(3)21(23-11-7-5-9-19(15)23)13-14-22-18(4)16(2)20-10-6-8-12-24(20)22/h5-7,9-12,21H,8,13-14H2,1-4H3. The maximum absolute atomic E-state index is 2.42. The first kappa shape index (κ1) is 15.4. The summed E-state index contributed by atoms with van der Waals surface area (Å²) in [5.41, 5.74) is 13.6. The molecule has 0 nitrogen and oxygen atoms in total. The van der Waals surface area contributed by atoms with E-state index in [0.29, 0.717) is 5.92 Å². The van der Waals surface area contributed by atoms with Gasteiger partial charge in [-0.3, -0.25) is 0 Å². The second-order valence-corrected chi connectivity index (χ2v) is 7.38. The van der Waals surface area contributed by atoms with Gasteiger partial charge in [-0.1, -0.05) is 48.1 Å². The monoisotopic (exact) mass is 314 g/mol. The fourth-order valence-electron chi connectivity index (χ4n) is 4.65. The molecule has 0 heteroatoms. The van der Waals surface area contributed by atoms with Gasteiger partial charge in [0.15, 0.2) is 0 Å². The van der Waals surface area contributed by atoms with Crippen molar-refractivity contribution in [2.45, 2.75) is 52.9 Å². The quantitative estimate of drug-likeness (QED) is 0.570. The summed E-state index contributed by atoms with van der Waals surface area (Å²) in [5.74, 6) is 0.589. The van der Waals surface area contributed by atoms with E-state index in [2.05, 4.69) is 70.2 Å². The van der Waals surface area contributed by atoms with E-state index >= 15 is 0 Å². The molecule has 1 unspecified atom stereocenters. The zero-order chi connectivity index (χ0) is 16.8. The van der Waals surface area contributed by atoms with Crippen molar-refractivity contribution < 1.29 is 0 Å². The zero-order valence-electron chi connectivity index (χ0n) is 15.2. The molecule has 1 aromatic rings. The Bertz CT molecular complexity index is 865. The number of benzene rings is 1. The second-order valence-electron chi connectivity index (χ2n) is 7.38. The first-order chi connectivity index (χ1) is 11.6. The van der Waals surface area contributed by atoms with Gasteiger partial charge in [-0.2, -0.15) is 0 Å². The number of fused-ring (bicyclic) bond motifs is 2. The third-order valence-corrected chi connectivity index (χ3v) is 6.31. The highest BCUT2D eigenvalue weighted by Crippen LogP contribution is 2.47. The molecule has 3 aliphatic rings. The van der Waals surface area contributed by atoms with E-state index in [-0.39, 0.29) is 0 Å². The van der Waals surface area contributed by atoms with Crippen LogP contribution in [0.15, 0.2) is 75.9 Å². The van der Waals surface area contributed by atoms with Crippen molar-refractivity contribution in [1.82, 2.24) is 0 Å². The number of rotatable bonds is 3. The lowest BCUT2D eigenvalue weighted by Gasteiger charge is -2.17. The minimum absolute atomic E-state index is 0.589. The topological polar surface area (TPSA) is 0 Å². The molecule has 0 amide bonds. The van der Waals surface area contributed by atoms with Gasteiger partial charge in [-0.15, -0.1) is 0 Å². The molecule has 0 heterocycles. The van der Waals surface area contributed by atoms with Crippen LogP contribution in [-0.4, -0.2) is 0 Å². The summed E-state index contributed by atoms with van der Waals surface area (Å²) in [6, 6.07) is 8.97. The van der Waals surface area contributed by atoms with Crippen molar-refractivity contribution in [3.05, 3.63) is 87.1 Å². The first-order valence-corrected chi connectivity index (χ1v) is 9.14. The molecule has 0 saturated heterocycles. The minimum Gasteiger partial charge on any atom is -0.0801 e. The summed E-state index contributed by atoms with van der Waals surface area (Å²) in [6.07, 6.45) is 10.5. The van der Waals surface area contributed by atoms with Gasteiger partial charge in [0, 0.05) is 5.92 Å². The fourth-order valence-corrected chi connectivity index (χ4v) is 4.65. The van der Waals surface area contributed by atoms with E-state index in [1.807, 2.05) is 0 Å². The van der Waals surface area contributed by atoms with E-state index in [4.69, 9.17) is 0 Å². The van der Waals surface area contributed by atoms with E-state index in [0.717, 1.165) is 6.42 Å². The van der Waals surface area contributed by atoms with Crippen LogP contribution in [-0.2, 0) is 0 Å². The third kappa shape index (κ3) is 2.20. The van der Waals surface area contributed by atoms with Crippen LogP contribution in [0.25, 0.3) is 5.57 Å². The Kier molecular flexibility index (Phi) is 3.72. The Morgan fingerprint density at radius 1 is 0.958 bits per heavy atom. The average Bonchev–Trinajstić information content (AvgIpc) is 3.00. The fraction of sp³-hybridized carbons (Fsp3) is 0.333. The first-order valence-electron chi connectivity index (χ1n) is 9.14. The smallest absolute Gasteiger partial charge is 0.00605 e. The molecule has 0 bridgehead atoms. The molecule has 1 aromatic carbocycles. The molecule has 24 heavy (non-hydrogen) atoms. The van der Waals surface area contributed by atoms with Gasteiger partial charge in [0.1, 0.15) is 0 Å². The predicted octanol–water partition coefficient (Wildman–Crippen LogP) is 6.89. The summed E-state index contributed by atoms with van der Waals surface area (Å²) < 4.78 is 0. The Morgan fingerprint density at radius 3 is 2.58 bits per heavy atom. The molecule has 122 valence electrons. The highest BCUT2D eigenvalue weighted by molar-refractivity contribution is 5.76. The predicted molar refractivity (Wildman–Crippen MR) is 104 cm³/mol. The average molecular weight is 314 g/mol. The molecule has 0 aromatic heterocycles. The molecular weight excluding hydrogens is 288 g/mol. The number of allylic oxidation sites excluding steroid dienone is 10. The van der Waals surface area contributed by atoms with Crippen molar-refractivity contribution in [1.29, 1.82) is 0 Å². The Morgan fingerprint density at radius 2 is 1.75 bits per heavy atom. The summed E-state index contributed by atoms with van der Waals surface area (Å²) in [4.78, 5) is 0. The lowest BCUT2D eigenvalue weighted by Crippen LogP contribution is -2.00. The molecular formula is C24H26. The largest absolute Gasteiger partial charge is 0.0801 e. The maximum Gasteiger partial charge on any atom is 0.00605 e. The van der Waals surface area contributed by atoms with Crippen LogP contribution >= 0.6 is 0 Å². The maximum atomic E-state index is 2.42. The van der Waals surface area contributed by atoms with Gasteiger partial charge in [-0.05, 0) is 91.5 Å². The Hall–Kier alpha value is -2.08. The summed E-state index contributed by atoms with van der Waals surface area (Å²) in [5, 5.41) is 0. The van der Waals surface area contributed by atoms with E-state index < -0.39 is 0 Å². The van der Waals surface area contributed by atoms with Gasteiger partial charge in [-0.25, -0.2) is 0 Å². The zero-order valence-corrected chi connectivity index (χ0v) is 15.2. The lowest BCUT2D eigenvalue weighted by atomic mass is 9.87. The SMILES string of the molecule is CC1=C2C=CCC=C2C(CCC2C(C)=C(C)c3ccccc32)=C1C. The van der Waals surface area contributed by atoms with Crippen LogP contribution in [0.3, 0.4) is 0 Å². The molecule has 0 N–H and O–H groups in total. The van der Waals surface area contributed by atoms with Crippen molar-refractivity contribution in [3.8, 4) is 0 Å². The van der Waals surface area contributed by atoms with Gasteiger partial charge < -0.3 is 0 Å². The minimum atomic E-state index is 0.589. The molecule has 4 rings (SSSR count). The van der Waals surface area contributed by atoms with Crippen LogP contribution in [0.4, 0.5) is 0 Å². The highest BCUT2D eigenvalue weighted by Gasteiger charge is 2.28. The molecule has 0 spiro atoms. The van der Waals surface area contributed by atoms with Gasteiger partial charge in [0.2, 0.25) is 0 Å². The van der Waals surface area contributed by atoms with Crippen LogP contribution in [0.2, 0.25) is 0 Å². The Balaban J connectivity index is 1.60. The van der Waals surface area contributed by atoms with Crippen LogP contribution in [0.1, 0.15) is 64.0 Å². The van der Waals surface area contributed by atoms with E-state index in [1.54, 1.807) is 11.1 Å². The Labute approximate surface area is 146 Å². The molecule has 0 fully saturated rings. The normalized spacial score (nSPS) is 22.3. The van der Waals surface area contributed by atoms with Crippen molar-refractivity contribution in [2.24, 2.45) is 0 Å². The molecule has 0 saturated carbocycles. The summed E-state index contributed by atoms with van der Waals surface area (Å²) in [6.45, 7) is 9.20. The van der Waals surface area contributed by atoms with Crippen molar-refractivity contribution >= 4 is 5.57 Å². The van der Waals surface area contributed by atoms with E-state index in [1.165, 1.54) is 51.8 Å². The summed E-state index contributed by atoms with van der Waals surface area (Å²) >= 11 is 0. The van der Waals surface area contributed by atoms with E-state index in [9.17, 15) is 0 Å². The molecule has 0 aliphatic heterocycles. The van der Waals surface area contributed by atoms with Crippen LogP contribution in [0, 0.1) is 0 Å². The third-order valence-electron chi connectivity index (χ3n) is 6.31. The van der Waals surface area contributed by atoms with Gasteiger partial charge in [0.25, 0.3) is 0 Å². The molecule has 1 atom stereocenters. The van der Waals surface area contributed by atoms with Crippen LogP contribution < -0.4 is 0 Å². The van der Waals surface area contributed by atoms with Crippen molar-refractivity contribution in [2.75, 3.05) is 0 Å². The molecule has 3 aliphatic carbocycles. The molecule has 0 radical (unpaired) electrons. The van der Waals surface area contributed by atoms with Gasteiger partial charge in [0.05, 0.1) is 0 Å².